The first-order chi connectivity index (χ1) is 25.8. The minimum atomic E-state index is -0.932. The van der Waals surface area contributed by atoms with Gasteiger partial charge >= 0.3 is 11.9 Å². The minimum Gasteiger partial charge on any atom is -0.465 e. The van der Waals surface area contributed by atoms with Crippen molar-refractivity contribution >= 4 is 34.7 Å². The van der Waals surface area contributed by atoms with Gasteiger partial charge in [-0.05, 0) is 56.5 Å². The molecule has 3 aliphatic heterocycles. The number of rotatable bonds is 14. The molecule has 53 heavy (non-hydrogen) atoms. The average Bonchev–Trinajstić information content (AvgIpc) is 3.19. The van der Waals surface area contributed by atoms with Crippen LogP contribution in [0.4, 0.5) is 17.1 Å². The topological polar surface area (TPSA) is 121 Å². The van der Waals surface area contributed by atoms with Crippen LogP contribution in [0.5, 0.6) is 0 Å². The highest BCUT2D eigenvalue weighted by Crippen LogP contribution is 2.41. The van der Waals surface area contributed by atoms with Crippen molar-refractivity contribution in [1.29, 1.82) is 0 Å². The van der Waals surface area contributed by atoms with Crippen molar-refractivity contribution in [3.05, 3.63) is 112 Å². The molecule has 2 saturated heterocycles. The number of non-ortho nitro benzene ring substituents is 1. The lowest BCUT2D eigenvalue weighted by Gasteiger charge is -2.36. The largest absolute Gasteiger partial charge is 0.465 e. The molecule has 0 aromatic heterocycles. The lowest BCUT2D eigenvalue weighted by Crippen LogP contribution is -2.46. The SMILES string of the molecule is CC1=NC(C)=C(C(=O)OCCCN2CCN(c3ccccc3)CC2)C(c2cccc([N+](=O)[O-])c2)C1C(=O)OCCCN1CCN(c2ccccc2)CC1. The molecule has 0 spiro atoms. The molecule has 2 unspecified atom stereocenters. The van der Waals surface area contributed by atoms with Gasteiger partial charge in [-0.25, -0.2) is 4.79 Å². The Balaban J connectivity index is 1.05. The molecule has 2 fully saturated rings. The second kappa shape index (κ2) is 18.1. The van der Waals surface area contributed by atoms with Gasteiger partial charge in [0.2, 0.25) is 0 Å². The zero-order valence-corrected chi connectivity index (χ0v) is 30.8. The van der Waals surface area contributed by atoms with Gasteiger partial charge in [0.25, 0.3) is 5.69 Å². The molecule has 0 bridgehead atoms. The molecule has 0 radical (unpaired) electrons. The van der Waals surface area contributed by atoms with Gasteiger partial charge in [0.15, 0.2) is 0 Å². The maximum atomic E-state index is 13.8. The fourth-order valence-corrected chi connectivity index (χ4v) is 7.62. The van der Waals surface area contributed by atoms with E-state index in [9.17, 15) is 19.7 Å². The predicted octanol–water partition coefficient (Wildman–Crippen LogP) is 5.55. The fraction of sp³-hybridized carbons (Fsp3) is 0.439. The molecule has 280 valence electrons. The highest BCUT2D eigenvalue weighted by Gasteiger charge is 2.43. The molecular formula is C41H50N6O6. The minimum absolute atomic E-state index is 0.125. The number of para-hydroxylation sites is 2. The van der Waals surface area contributed by atoms with Gasteiger partial charge in [0.1, 0.15) is 5.92 Å². The average molecular weight is 723 g/mol. The third kappa shape index (κ3) is 9.68. The lowest BCUT2D eigenvalue weighted by molar-refractivity contribution is -0.384. The molecule has 3 aromatic carbocycles. The highest BCUT2D eigenvalue weighted by molar-refractivity contribution is 6.07. The number of allylic oxidation sites excluding steroid dienone is 1. The molecule has 0 aliphatic carbocycles. The van der Waals surface area contributed by atoms with Crippen LogP contribution in [-0.4, -0.2) is 111 Å². The number of piperazine rings is 2. The van der Waals surface area contributed by atoms with Crippen LogP contribution in [0.25, 0.3) is 0 Å². The molecule has 0 saturated carbocycles. The van der Waals surface area contributed by atoms with E-state index in [0.717, 1.165) is 65.4 Å². The predicted molar refractivity (Wildman–Crippen MR) is 206 cm³/mol. The summed E-state index contributed by atoms with van der Waals surface area (Å²) in [5.41, 5.74) is 3.95. The fourth-order valence-electron chi connectivity index (χ4n) is 7.62. The normalized spacial score (nSPS) is 19.8. The first-order valence-electron chi connectivity index (χ1n) is 18.7. The summed E-state index contributed by atoms with van der Waals surface area (Å²) in [4.78, 5) is 53.1. The standard InChI is InChI=1S/C41H50N6O6/c1-31-37(40(48)52-28-10-18-43-20-24-45(25-21-43)34-13-5-3-6-14-34)39(33-12-9-17-36(30-33)47(50)51)38(32(2)42-31)41(49)53-29-11-19-44-22-26-46(27-23-44)35-15-7-4-8-16-35/h3-9,12-17,30,37,39H,10-11,18-29H2,1-2H3. The number of hydrogen-bond acceptors (Lipinski definition) is 11. The van der Waals surface area contributed by atoms with Crippen LogP contribution in [-0.2, 0) is 19.1 Å². The number of hydrogen-bond donors (Lipinski definition) is 0. The Morgan fingerprint density at radius 1 is 0.736 bits per heavy atom. The maximum absolute atomic E-state index is 13.8. The van der Waals surface area contributed by atoms with Gasteiger partial charge < -0.3 is 19.3 Å². The van der Waals surface area contributed by atoms with Gasteiger partial charge in [0.05, 0.1) is 23.7 Å². The van der Waals surface area contributed by atoms with E-state index in [-0.39, 0.29) is 24.5 Å². The number of carbonyl (C=O) groups is 2. The van der Waals surface area contributed by atoms with Gasteiger partial charge in [-0.2, -0.15) is 0 Å². The van der Waals surface area contributed by atoms with Crippen LogP contribution in [0.3, 0.4) is 0 Å². The number of ether oxygens (including phenoxy) is 2. The van der Waals surface area contributed by atoms with E-state index < -0.39 is 28.7 Å². The van der Waals surface area contributed by atoms with Crippen LogP contribution >= 0.6 is 0 Å². The molecule has 12 heteroatoms. The van der Waals surface area contributed by atoms with E-state index in [1.54, 1.807) is 26.0 Å². The quantitative estimate of drug-likeness (QED) is 0.0906. The van der Waals surface area contributed by atoms with Crippen LogP contribution in [0.1, 0.15) is 38.2 Å². The van der Waals surface area contributed by atoms with Gasteiger partial charge in [0, 0.05) is 106 Å². The Morgan fingerprint density at radius 3 is 1.79 bits per heavy atom. The summed E-state index contributed by atoms with van der Waals surface area (Å²) < 4.78 is 11.7. The number of nitrogens with zero attached hydrogens (tertiary/aromatic N) is 6. The molecule has 2 atom stereocenters. The second-order valence-electron chi connectivity index (χ2n) is 13.9. The van der Waals surface area contributed by atoms with Crippen LogP contribution < -0.4 is 9.80 Å². The van der Waals surface area contributed by atoms with Crippen molar-refractivity contribution in [2.75, 3.05) is 88.5 Å². The molecule has 0 N–H and O–H groups in total. The number of nitro benzene ring substituents is 1. The van der Waals surface area contributed by atoms with E-state index in [1.807, 2.05) is 12.1 Å². The van der Waals surface area contributed by atoms with Crippen LogP contribution in [0, 0.1) is 16.0 Å². The zero-order valence-electron chi connectivity index (χ0n) is 30.8. The smallest absolute Gasteiger partial charge is 0.336 e. The zero-order chi connectivity index (χ0) is 37.2. The Morgan fingerprint density at radius 2 is 1.26 bits per heavy atom. The molecular weight excluding hydrogens is 672 g/mol. The maximum Gasteiger partial charge on any atom is 0.336 e. The molecule has 6 rings (SSSR count). The first kappa shape index (κ1) is 37.7. The van der Waals surface area contributed by atoms with Crippen molar-refractivity contribution in [3.8, 4) is 0 Å². The molecule has 3 aromatic rings. The Hall–Kier alpha value is -5.07. The van der Waals surface area contributed by atoms with Crippen LogP contribution in [0.15, 0.2) is 101 Å². The Labute approximate surface area is 311 Å². The number of esters is 2. The summed E-state index contributed by atoms with van der Waals surface area (Å²) in [5.74, 6) is -2.86. The molecule has 3 heterocycles. The monoisotopic (exact) mass is 722 g/mol. The molecule has 3 aliphatic rings. The van der Waals surface area contributed by atoms with Crippen molar-refractivity contribution in [2.24, 2.45) is 10.9 Å². The Bertz CT molecular complexity index is 1770. The summed E-state index contributed by atoms with van der Waals surface area (Å²) >= 11 is 0. The Kier molecular flexibility index (Phi) is 12.9. The van der Waals surface area contributed by atoms with E-state index in [0.29, 0.717) is 29.8 Å². The lowest BCUT2D eigenvalue weighted by atomic mass is 9.75. The van der Waals surface area contributed by atoms with Crippen molar-refractivity contribution in [1.82, 2.24) is 9.80 Å². The summed E-state index contributed by atoms with van der Waals surface area (Å²) in [7, 11) is 0. The van der Waals surface area contributed by atoms with Gasteiger partial charge in [-0.15, -0.1) is 0 Å². The first-order valence-corrected chi connectivity index (χ1v) is 18.7. The highest BCUT2D eigenvalue weighted by atomic mass is 16.6. The number of aliphatic imine (C=N–C) groups is 1. The third-order valence-corrected chi connectivity index (χ3v) is 10.4. The summed E-state index contributed by atoms with van der Waals surface area (Å²) in [6.45, 7) is 12.9. The van der Waals surface area contributed by atoms with E-state index in [4.69, 9.17) is 9.47 Å². The molecule has 0 amide bonds. The third-order valence-electron chi connectivity index (χ3n) is 10.4. The van der Waals surface area contributed by atoms with E-state index in [1.165, 1.54) is 23.5 Å². The number of benzene rings is 3. The molecule has 12 nitrogen and oxygen atoms in total. The number of anilines is 2. The van der Waals surface area contributed by atoms with E-state index in [2.05, 4.69) is 73.1 Å². The summed E-state index contributed by atoms with van der Waals surface area (Å²) in [6, 6.07) is 26.9. The number of nitro groups is 1. The van der Waals surface area contributed by atoms with Gasteiger partial charge in [-0.1, -0.05) is 48.5 Å². The summed E-state index contributed by atoms with van der Waals surface area (Å²) in [5, 5.41) is 11.8. The van der Waals surface area contributed by atoms with Crippen molar-refractivity contribution < 1.29 is 24.0 Å². The van der Waals surface area contributed by atoms with Crippen LogP contribution in [0.2, 0.25) is 0 Å². The van der Waals surface area contributed by atoms with Crippen molar-refractivity contribution in [3.63, 3.8) is 0 Å². The van der Waals surface area contributed by atoms with E-state index >= 15 is 0 Å². The van der Waals surface area contributed by atoms with Gasteiger partial charge in [-0.3, -0.25) is 29.7 Å². The second-order valence-corrected chi connectivity index (χ2v) is 13.9. The number of carbonyl (C=O) groups excluding carboxylic acids is 2. The summed E-state index contributed by atoms with van der Waals surface area (Å²) in [6.07, 6.45) is 1.31. The van der Waals surface area contributed by atoms with Crippen molar-refractivity contribution in [2.45, 2.75) is 32.6 Å².